The van der Waals surface area contributed by atoms with Crippen LogP contribution in [0.1, 0.15) is 17.3 Å². The van der Waals surface area contributed by atoms with Crippen LogP contribution in [0.4, 0.5) is 5.69 Å². The van der Waals surface area contributed by atoms with Crippen molar-refractivity contribution in [3.8, 4) is 0 Å². The molecule has 0 saturated heterocycles. The van der Waals surface area contributed by atoms with E-state index >= 15 is 0 Å². The first-order chi connectivity index (χ1) is 11.4. The number of rotatable bonds is 5. The van der Waals surface area contributed by atoms with Gasteiger partial charge in [0.2, 0.25) is 0 Å². The number of hydrogen-bond donors (Lipinski definition) is 2. The van der Waals surface area contributed by atoms with Gasteiger partial charge in [-0.1, -0.05) is 12.1 Å². The summed E-state index contributed by atoms with van der Waals surface area (Å²) in [6, 6.07) is 11.3. The minimum absolute atomic E-state index is 0.0132. The molecular weight excluding hydrogens is 304 g/mol. The first kappa shape index (κ1) is 17.7. The van der Waals surface area contributed by atoms with E-state index in [0.29, 0.717) is 12.2 Å². The third-order valence-corrected chi connectivity index (χ3v) is 3.89. The summed E-state index contributed by atoms with van der Waals surface area (Å²) in [6.07, 6.45) is 1.96. The average Bonchev–Trinajstić information content (AvgIpc) is 2.93. The fourth-order valence-corrected chi connectivity index (χ4v) is 2.55. The molecule has 0 fully saturated rings. The van der Waals surface area contributed by atoms with Gasteiger partial charge in [0.1, 0.15) is 0 Å². The van der Waals surface area contributed by atoms with Gasteiger partial charge in [-0.15, -0.1) is 0 Å². The molecule has 0 aliphatic carbocycles. The molecule has 2 N–H and O–H groups in total. The number of benzene rings is 1. The maximum atomic E-state index is 12.1. The molecule has 0 bridgehead atoms. The van der Waals surface area contributed by atoms with Crippen LogP contribution >= 0.6 is 0 Å². The van der Waals surface area contributed by atoms with E-state index in [-0.39, 0.29) is 6.04 Å². The Morgan fingerprint density at radius 2 is 1.92 bits per heavy atom. The highest BCUT2D eigenvalue weighted by molar-refractivity contribution is 6.39. The summed E-state index contributed by atoms with van der Waals surface area (Å²) in [5, 5.41) is 5.32. The monoisotopic (exact) mass is 328 g/mol. The molecule has 2 rings (SSSR count). The zero-order chi connectivity index (χ0) is 17.7. The van der Waals surface area contributed by atoms with Crippen LogP contribution in [0.3, 0.4) is 0 Å². The molecule has 6 nitrogen and oxygen atoms in total. The average molecular weight is 328 g/mol. The van der Waals surface area contributed by atoms with Crippen LogP contribution in [0.2, 0.25) is 0 Å². The fourth-order valence-electron chi connectivity index (χ4n) is 2.55. The Labute approximate surface area is 142 Å². The zero-order valence-electron chi connectivity index (χ0n) is 14.5. The molecule has 1 heterocycles. The number of amides is 2. The largest absolute Gasteiger partial charge is 0.353 e. The van der Waals surface area contributed by atoms with Crippen LogP contribution in [0.5, 0.6) is 0 Å². The molecule has 0 aliphatic heterocycles. The minimum atomic E-state index is -0.662. The van der Waals surface area contributed by atoms with Crippen molar-refractivity contribution in [3.05, 3.63) is 53.9 Å². The molecule has 1 aromatic heterocycles. The molecule has 2 amide bonds. The van der Waals surface area contributed by atoms with Gasteiger partial charge >= 0.3 is 11.8 Å². The van der Waals surface area contributed by atoms with Gasteiger partial charge in [0.05, 0.1) is 6.04 Å². The lowest BCUT2D eigenvalue weighted by Gasteiger charge is -2.25. The predicted octanol–water partition coefficient (Wildman–Crippen LogP) is 1.69. The van der Waals surface area contributed by atoms with Crippen molar-refractivity contribution >= 4 is 17.5 Å². The minimum Gasteiger partial charge on any atom is -0.353 e. The van der Waals surface area contributed by atoms with Gasteiger partial charge in [-0.3, -0.25) is 14.5 Å². The molecule has 0 saturated carbocycles. The van der Waals surface area contributed by atoms with E-state index in [1.807, 2.05) is 74.1 Å². The third kappa shape index (κ3) is 4.45. The Hall–Kier alpha value is -2.60. The Bertz CT molecular complexity index is 721. The lowest BCUT2D eigenvalue weighted by molar-refractivity contribution is -0.136. The summed E-state index contributed by atoms with van der Waals surface area (Å²) >= 11 is 0. The normalized spacial score (nSPS) is 12.0. The molecule has 2 aromatic rings. The van der Waals surface area contributed by atoms with Crippen molar-refractivity contribution in [1.82, 2.24) is 14.8 Å². The van der Waals surface area contributed by atoms with Crippen LogP contribution in [-0.4, -0.2) is 41.9 Å². The van der Waals surface area contributed by atoms with E-state index in [2.05, 4.69) is 10.6 Å². The molecule has 6 heteroatoms. The van der Waals surface area contributed by atoms with E-state index < -0.39 is 11.8 Å². The second-order valence-corrected chi connectivity index (χ2v) is 6.06. The molecular formula is C18H24N4O2. The number of nitrogens with one attached hydrogen (secondary N) is 2. The van der Waals surface area contributed by atoms with Crippen LogP contribution in [0.15, 0.2) is 42.6 Å². The lowest BCUT2D eigenvalue weighted by Crippen LogP contribution is -2.40. The van der Waals surface area contributed by atoms with Gasteiger partial charge in [-0.2, -0.15) is 0 Å². The molecule has 1 unspecified atom stereocenters. The van der Waals surface area contributed by atoms with Crippen LogP contribution < -0.4 is 10.6 Å². The van der Waals surface area contributed by atoms with Crippen LogP contribution in [0.25, 0.3) is 0 Å². The summed E-state index contributed by atoms with van der Waals surface area (Å²) in [6.45, 7) is 2.28. The number of anilines is 1. The predicted molar refractivity (Wildman–Crippen MR) is 94.7 cm³/mol. The SMILES string of the molecule is Cc1cccc(NC(=O)C(=O)NCC(c2cccn2C)N(C)C)c1. The Morgan fingerprint density at radius 3 is 2.50 bits per heavy atom. The van der Waals surface area contributed by atoms with Gasteiger partial charge in [0.15, 0.2) is 0 Å². The van der Waals surface area contributed by atoms with Gasteiger partial charge in [-0.25, -0.2) is 0 Å². The standard InChI is InChI=1S/C18H24N4O2/c1-13-7-5-8-14(11-13)20-18(24)17(23)19-12-16(21(2)3)15-9-6-10-22(15)4/h5-11,16H,12H2,1-4H3,(H,19,23)(H,20,24). The van der Waals surface area contributed by atoms with E-state index in [9.17, 15) is 9.59 Å². The smallest absolute Gasteiger partial charge is 0.313 e. The summed E-state index contributed by atoms with van der Waals surface area (Å²) in [5.41, 5.74) is 2.70. The van der Waals surface area contributed by atoms with Crippen LogP contribution in [-0.2, 0) is 16.6 Å². The van der Waals surface area contributed by atoms with Gasteiger partial charge < -0.3 is 15.2 Å². The lowest BCUT2D eigenvalue weighted by atomic mass is 10.2. The molecule has 128 valence electrons. The molecule has 0 radical (unpaired) electrons. The summed E-state index contributed by atoms with van der Waals surface area (Å²) in [4.78, 5) is 26.1. The van der Waals surface area contributed by atoms with Crippen molar-refractivity contribution in [2.75, 3.05) is 26.0 Å². The quantitative estimate of drug-likeness (QED) is 0.821. The van der Waals surface area contributed by atoms with Gasteiger partial charge in [0, 0.05) is 31.2 Å². The van der Waals surface area contributed by atoms with Gasteiger partial charge in [-0.05, 0) is 50.8 Å². The van der Waals surface area contributed by atoms with Crippen LogP contribution in [0, 0.1) is 6.92 Å². The Kier molecular flexibility index (Phi) is 5.76. The molecule has 0 spiro atoms. The number of likely N-dealkylation sites (N-methyl/N-ethyl adjacent to an activating group) is 1. The number of carbonyl (C=O) groups excluding carboxylic acids is 2. The van der Waals surface area contributed by atoms with Gasteiger partial charge in [0.25, 0.3) is 0 Å². The topological polar surface area (TPSA) is 66.4 Å². The first-order valence-electron chi connectivity index (χ1n) is 7.82. The van der Waals surface area contributed by atoms with E-state index in [4.69, 9.17) is 0 Å². The number of nitrogens with zero attached hydrogens (tertiary/aromatic N) is 2. The van der Waals surface area contributed by atoms with Crippen molar-refractivity contribution < 1.29 is 9.59 Å². The highest BCUT2D eigenvalue weighted by Gasteiger charge is 2.20. The molecule has 0 aliphatic rings. The Balaban J connectivity index is 1.95. The van der Waals surface area contributed by atoms with E-state index in [0.717, 1.165) is 11.3 Å². The van der Waals surface area contributed by atoms with Crippen molar-refractivity contribution in [3.63, 3.8) is 0 Å². The summed E-state index contributed by atoms with van der Waals surface area (Å²) in [5.74, 6) is -1.30. The van der Waals surface area contributed by atoms with Crippen molar-refractivity contribution in [1.29, 1.82) is 0 Å². The van der Waals surface area contributed by atoms with E-state index in [1.54, 1.807) is 6.07 Å². The number of aryl methyl sites for hydroxylation is 2. The highest BCUT2D eigenvalue weighted by atomic mass is 16.2. The maximum absolute atomic E-state index is 12.1. The Morgan fingerprint density at radius 1 is 1.17 bits per heavy atom. The molecule has 24 heavy (non-hydrogen) atoms. The second kappa shape index (κ2) is 7.79. The fraction of sp³-hybridized carbons (Fsp3) is 0.333. The summed E-state index contributed by atoms with van der Waals surface area (Å²) < 4.78 is 2.00. The van der Waals surface area contributed by atoms with E-state index in [1.165, 1.54) is 0 Å². The third-order valence-electron chi connectivity index (χ3n) is 3.89. The molecule has 1 aromatic carbocycles. The maximum Gasteiger partial charge on any atom is 0.313 e. The van der Waals surface area contributed by atoms with Crippen molar-refractivity contribution in [2.24, 2.45) is 7.05 Å². The second-order valence-electron chi connectivity index (χ2n) is 6.06. The number of carbonyl (C=O) groups is 2. The first-order valence-corrected chi connectivity index (χ1v) is 7.82. The highest BCUT2D eigenvalue weighted by Crippen LogP contribution is 2.17. The summed E-state index contributed by atoms with van der Waals surface area (Å²) in [7, 11) is 5.84. The number of aromatic nitrogens is 1. The molecule has 1 atom stereocenters. The number of hydrogen-bond acceptors (Lipinski definition) is 3. The zero-order valence-corrected chi connectivity index (χ0v) is 14.5. The van der Waals surface area contributed by atoms with Crippen molar-refractivity contribution in [2.45, 2.75) is 13.0 Å².